The Morgan fingerprint density at radius 1 is 0.857 bits per heavy atom. The van der Waals surface area contributed by atoms with Gasteiger partial charge in [-0.05, 0) is 47.4 Å². The number of carbonyl (C=O) groups is 3. The molecule has 0 aliphatic carbocycles. The second kappa shape index (κ2) is 13.3. The van der Waals surface area contributed by atoms with Gasteiger partial charge in [-0.2, -0.15) is 26.3 Å². The summed E-state index contributed by atoms with van der Waals surface area (Å²) in [7, 11) is 2.75. The summed E-state index contributed by atoms with van der Waals surface area (Å²) in [5.41, 5.74) is -3.20. The summed E-state index contributed by atoms with van der Waals surface area (Å²) in [6.45, 7) is 1.69. The fourth-order valence-electron chi connectivity index (χ4n) is 4.51. The van der Waals surface area contributed by atoms with E-state index < -0.39 is 52.8 Å². The van der Waals surface area contributed by atoms with Gasteiger partial charge in [-0.25, -0.2) is 0 Å². The summed E-state index contributed by atoms with van der Waals surface area (Å²) in [6.07, 6.45) is -10.1. The number of likely N-dealkylation sites (N-methyl/N-ethyl adjacent to an activating group) is 1. The van der Waals surface area contributed by atoms with Crippen LogP contribution in [-0.4, -0.2) is 49.3 Å². The molecule has 0 aliphatic rings. The van der Waals surface area contributed by atoms with E-state index in [-0.39, 0.29) is 37.8 Å². The van der Waals surface area contributed by atoms with Gasteiger partial charge in [0.1, 0.15) is 0 Å². The topological polar surface area (TPSA) is 78.5 Å². The molecule has 3 rings (SSSR count). The third-order valence-corrected chi connectivity index (χ3v) is 6.99. The lowest BCUT2D eigenvalue weighted by molar-refractivity contribution is -0.143. The van der Waals surface area contributed by atoms with Crippen LogP contribution < -0.4 is 10.6 Å². The Bertz CT molecular complexity index is 1410. The SMILES string of the molecule is CNC(=O)C(C)CNC(=O)CCC(Cc1ccc2ccccc2c1)N(C)C(=O)c1cc(C(F)(F)F)cc(C(F)(F)F)c1. The summed E-state index contributed by atoms with van der Waals surface area (Å²) < 4.78 is 80.5. The van der Waals surface area contributed by atoms with Crippen LogP contribution in [-0.2, 0) is 28.4 Å². The Morgan fingerprint density at radius 3 is 2.02 bits per heavy atom. The maximum Gasteiger partial charge on any atom is 0.416 e. The van der Waals surface area contributed by atoms with Crippen molar-refractivity contribution in [3.05, 3.63) is 82.9 Å². The second-order valence-electron chi connectivity index (χ2n) is 10.1. The molecule has 0 saturated heterocycles. The minimum absolute atomic E-state index is 0.0342. The van der Waals surface area contributed by atoms with Crippen LogP contribution in [0.1, 0.15) is 46.8 Å². The third-order valence-electron chi connectivity index (χ3n) is 6.99. The van der Waals surface area contributed by atoms with E-state index in [9.17, 15) is 40.7 Å². The molecule has 3 aromatic carbocycles. The largest absolute Gasteiger partial charge is 0.416 e. The molecular weight excluding hydrogens is 564 g/mol. The van der Waals surface area contributed by atoms with Crippen molar-refractivity contribution in [1.82, 2.24) is 15.5 Å². The number of alkyl halides is 6. The lowest BCUT2D eigenvalue weighted by Crippen LogP contribution is -2.40. The van der Waals surface area contributed by atoms with Crippen molar-refractivity contribution >= 4 is 28.5 Å². The van der Waals surface area contributed by atoms with E-state index in [1.807, 2.05) is 42.5 Å². The number of hydrogen-bond acceptors (Lipinski definition) is 3. The average molecular weight is 596 g/mol. The van der Waals surface area contributed by atoms with Gasteiger partial charge in [0.25, 0.3) is 5.91 Å². The van der Waals surface area contributed by atoms with Gasteiger partial charge in [-0.1, -0.05) is 49.4 Å². The summed E-state index contributed by atoms with van der Waals surface area (Å²) in [6, 6.07) is 13.0. The van der Waals surface area contributed by atoms with Crippen LogP contribution in [0.4, 0.5) is 26.3 Å². The smallest absolute Gasteiger partial charge is 0.359 e. The molecule has 0 aromatic heterocycles. The number of nitrogens with zero attached hydrogens (tertiary/aromatic N) is 1. The van der Waals surface area contributed by atoms with Gasteiger partial charge in [0.15, 0.2) is 0 Å². The Hall–Kier alpha value is -4.09. The number of nitrogens with one attached hydrogen (secondary N) is 2. The van der Waals surface area contributed by atoms with Gasteiger partial charge in [0.2, 0.25) is 11.8 Å². The maximum absolute atomic E-state index is 13.4. The van der Waals surface area contributed by atoms with E-state index in [1.54, 1.807) is 6.92 Å². The van der Waals surface area contributed by atoms with Crippen LogP contribution in [0.2, 0.25) is 0 Å². The quantitative estimate of drug-likeness (QED) is 0.289. The van der Waals surface area contributed by atoms with Gasteiger partial charge in [-0.3, -0.25) is 14.4 Å². The van der Waals surface area contributed by atoms with Crippen molar-refractivity contribution in [3.63, 3.8) is 0 Å². The first kappa shape index (κ1) is 32.4. The Labute approximate surface area is 239 Å². The fraction of sp³-hybridized carbons (Fsp3) is 0.367. The number of rotatable bonds is 10. The normalized spacial score (nSPS) is 13.4. The van der Waals surface area contributed by atoms with Crippen molar-refractivity contribution in [2.75, 3.05) is 20.6 Å². The van der Waals surface area contributed by atoms with E-state index >= 15 is 0 Å². The molecule has 0 bridgehead atoms. The predicted molar refractivity (Wildman–Crippen MR) is 145 cm³/mol. The molecule has 12 heteroatoms. The zero-order chi connectivity index (χ0) is 31.2. The Morgan fingerprint density at radius 2 is 1.45 bits per heavy atom. The molecule has 0 saturated carbocycles. The van der Waals surface area contributed by atoms with Crippen LogP contribution in [0.3, 0.4) is 0 Å². The minimum Gasteiger partial charge on any atom is -0.359 e. The van der Waals surface area contributed by atoms with E-state index in [0.717, 1.165) is 21.2 Å². The molecule has 0 radical (unpaired) electrons. The molecule has 2 atom stereocenters. The van der Waals surface area contributed by atoms with Crippen LogP contribution >= 0.6 is 0 Å². The summed E-state index contributed by atoms with van der Waals surface area (Å²) >= 11 is 0. The maximum atomic E-state index is 13.4. The zero-order valence-electron chi connectivity index (χ0n) is 23.2. The molecule has 0 heterocycles. The highest BCUT2D eigenvalue weighted by Crippen LogP contribution is 2.36. The molecular formula is C30H31F6N3O3. The third kappa shape index (κ3) is 8.46. The standard InChI is InChI=1S/C30H31F6N3O3/c1-18(27(41)37-2)17-38-26(40)11-10-25(13-19-8-9-20-6-4-5-7-21(20)12-19)39(3)28(42)22-14-23(29(31,32)33)16-24(15-22)30(34,35)36/h4-9,12,14-16,18,25H,10-11,13,17H2,1-3H3,(H,37,41)(H,38,40). The number of carbonyl (C=O) groups excluding carboxylic acids is 3. The average Bonchev–Trinajstić information content (AvgIpc) is 2.95. The number of hydrogen-bond donors (Lipinski definition) is 2. The van der Waals surface area contributed by atoms with Crippen molar-refractivity contribution in [2.24, 2.45) is 5.92 Å². The summed E-state index contributed by atoms with van der Waals surface area (Å²) in [5, 5.41) is 6.96. The van der Waals surface area contributed by atoms with Crippen molar-refractivity contribution in [1.29, 1.82) is 0 Å². The van der Waals surface area contributed by atoms with E-state index in [0.29, 0.717) is 12.1 Å². The molecule has 3 aromatic rings. The number of fused-ring (bicyclic) bond motifs is 1. The summed E-state index contributed by atoms with van der Waals surface area (Å²) in [5.74, 6) is -2.24. The molecule has 42 heavy (non-hydrogen) atoms. The molecule has 0 fully saturated rings. The monoisotopic (exact) mass is 595 g/mol. The number of halogens is 6. The molecule has 226 valence electrons. The first-order chi connectivity index (χ1) is 19.6. The zero-order valence-corrected chi connectivity index (χ0v) is 23.2. The molecule has 6 nitrogen and oxygen atoms in total. The van der Waals surface area contributed by atoms with Crippen molar-refractivity contribution in [3.8, 4) is 0 Å². The van der Waals surface area contributed by atoms with E-state index in [1.165, 1.54) is 14.1 Å². The van der Waals surface area contributed by atoms with E-state index in [2.05, 4.69) is 10.6 Å². The van der Waals surface area contributed by atoms with Crippen molar-refractivity contribution in [2.45, 2.75) is 44.6 Å². The van der Waals surface area contributed by atoms with E-state index in [4.69, 9.17) is 0 Å². The molecule has 2 unspecified atom stereocenters. The molecule has 0 spiro atoms. The van der Waals surface area contributed by atoms with Gasteiger partial charge in [0.05, 0.1) is 17.0 Å². The Kier molecular flexibility index (Phi) is 10.2. The minimum atomic E-state index is -5.11. The number of benzene rings is 3. The first-order valence-electron chi connectivity index (χ1n) is 13.1. The van der Waals surface area contributed by atoms with Gasteiger partial charge in [-0.15, -0.1) is 0 Å². The Balaban J connectivity index is 1.89. The highest BCUT2D eigenvalue weighted by molar-refractivity contribution is 5.95. The molecule has 2 N–H and O–H groups in total. The van der Waals surface area contributed by atoms with Gasteiger partial charge < -0.3 is 15.5 Å². The lowest BCUT2D eigenvalue weighted by atomic mass is 9.96. The lowest BCUT2D eigenvalue weighted by Gasteiger charge is -2.29. The highest BCUT2D eigenvalue weighted by Gasteiger charge is 2.38. The first-order valence-corrected chi connectivity index (χ1v) is 13.1. The molecule has 0 aliphatic heterocycles. The predicted octanol–water partition coefficient (Wildman–Crippen LogP) is 5.84. The van der Waals surface area contributed by atoms with Crippen LogP contribution in [0.5, 0.6) is 0 Å². The van der Waals surface area contributed by atoms with Crippen LogP contribution in [0.15, 0.2) is 60.7 Å². The fourth-order valence-corrected chi connectivity index (χ4v) is 4.51. The van der Waals surface area contributed by atoms with Gasteiger partial charge >= 0.3 is 12.4 Å². The summed E-state index contributed by atoms with van der Waals surface area (Å²) in [4.78, 5) is 38.7. The molecule has 3 amide bonds. The van der Waals surface area contributed by atoms with Crippen LogP contribution in [0.25, 0.3) is 10.8 Å². The highest BCUT2D eigenvalue weighted by atomic mass is 19.4. The second-order valence-corrected chi connectivity index (χ2v) is 10.1. The van der Waals surface area contributed by atoms with Gasteiger partial charge in [0, 0.05) is 38.7 Å². The van der Waals surface area contributed by atoms with Crippen LogP contribution in [0, 0.1) is 5.92 Å². The number of amides is 3. The van der Waals surface area contributed by atoms with Crippen molar-refractivity contribution < 1.29 is 40.7 Å².